The van der Waals surface area contributed by atoms with Crippen molar-refractivity contribution in [2.75, 3.05) is 62.7 Å². The highest BCUT2D eigenvalue weighted by Gasteiger charge is 2.29. The Labute approximate surface area is 147 Å². The second-order valence-electron chi connectivity index (χ2n) is 6.73. The fraction of sp³-hybridized carbons (Fsp3) is 0.750. The molecular weight excluding hydrogens is 324 g/mol. The van der Waals surface area contributed by atoms with Crippen LogP contribution in [-0.2, 0) is 4.74 Å². The maximum absolute atomic E-state index is 11.7. The molecular formula is C16H26N6O3. The van der Waals surface area contributed by atoms with Crippen LogP contribution in [0.1, 0.15) is 19.8 Å². The van der Waals surface area contributed by atoms with E-state index in [9.17, 15) is 10.1 Å². The minimum atomic E-state index is -0.369. The number of hydrogen-bond donors (Lipinski definition) is 1. The predicted octanol–water partition coefficient (Wildman–Crippen LogP) is 1.37. The predicted molar refractivity (Wildman–Crippen MR) is 95.0 cm³/mol. The van der Waals surface area contributed by atoms with Crippen LogP contribution in [0.15, 0.2) is 6.33 Å². The summed E-state index contributed by atoms with van der Waals surface area (Å²) in [4.78, 5) is 23.9. The quantitative estimate of drug-likeness (QED) is 0.607. The van der Waals surface area contributed by atoms with Crippen molar-refractivity contribution in [2.45, 2.75) is 19.8 Å². The van der Waals surface area contributed by atoms with Gasteiger partial charge in [0.1, 0.15) is 6.33 Å². The van der Waals surface area contributed by atoms with E-state index >= 15 is 0 Å². The highest BCUT2D eigenvalue weighted by atomic mass is 16.6. The van der Waals surface area contributed by atoms with E-state index in [2.05, 4.69) is 27.1 Å². The van der Waals surface area contributed by atoms with Crippen LogP contribution in [0.3, 0.4) is 0 Å². The number of nitro groups is 1. The van der Waals surface area contributed by atoms with Gasteiger partial charge in [-0.1, -0.05) is 6.92 Å². The first-order valence-electron chi connectivity index (χ1n) is 8.93. The van der Waals surface area contributed by atoms with E-state index in [1.807, 2.05) is 4.90 Å². The Morgan fingerprint density at radius 3 is 2.88 bits per heavy atom. The molecule has 1 N–H and O–H groups in total. The maximum atomic E-state index is 11.7. The number of rotatable bonds is 6. The normalized spacial score (nSPS) is 22.0. The molecule has 0 aromatic carbocycles. The summed E-state index contributed by atoms with van der Waals surface area (Å²) in [5.41, 5.74) is -0.0152. The van der Waals surface area contributed by atoms with Gasteiger partial charge in [-0.05, 0) is 18.8 Å². The summed E-state index contributed by atoms with van der Waals surface area (Å²) >= 11 is 0. The molecule has 0 aliphatic carbocycles. The Hall–Kier alpha value is -2.00. The second-order valence-corrected chi connectivity index (χ2v) is 6.73. The third-order valence-corrected chi connectivity index (χ3v) is 4.77. The summed E-state index contributed by atoms with van der Waals surface area (Å²) < 4.78 is 5.33. The largest absolute Gasteiger partial charge is 0.379 e. The Morgan fingerprint density at radius 1 is 1.36 bits per heavy atom. The molecule has 25 heavy (non-hydrogen) atoms. The van der Waals surface area contributed by atoms with Gasteiger partial charge in [0, 0.05) is 39.3 Å². The average Bonchev–Trinajstić information content (AvgIpc) is 2.62. The van der Waals surface area contributed by atoms with Crippen molar-refractivity contribution in [1.82, 2.24) is 14.9 Å². The minimum Gasteiger partial charge on any atom is -0.379 e. The number of hydrogen-bond acceptors (Lipinski definition) is 8. The lowest BCUT2D eigenvalue weighted by molar-refractivity contribution is -0.383. The van der Waals surface area contributed by atoms with Gasteiger partial charge in [-0.15, -0.1) is 0 Å². The van der Waals surface area contributed by atoms with Crippen molar-refractivity contribution in [3.05, 3.63) is 16.4 Å². The Kier molecular flexibility index (Phi) is 5.98. The van der Waals surface area contributed by atoms with E-state index < -0.39 is 0 Å². The smallest absolute Gasteiger partial charge is 0.353 e. The van der Waals surface area contributed by atoms with Crippen LogP contribution in [0.4, 0.5) is 17.3 Å². The van der Waals surface area contributed by atoms with Crippen molar-refractivity contribution in [3.63, 3.8) is 0 Å². The van der Waals surface area contributed by atoms with Crippen LogP contribution in [0.2, 0.25) is 0 Å². The lowest BCUT2D eigenvalue weighted by atomic mass is 10.0. The van der Waals surface area contributed by atoms with Crippen LogP contribution in [-0.4, -0.2) is 72.3 Å². The first-order chi connectivity index (χ1) is 12.1. The molecule has 3 heterocycles. The van der Waals surface area contributed by atoms with Gasteiger partial charge in [-0.3, -0.25) is 15.0 Å². The van der Waals surface area contributed by atoms with Gasteiger partial charge < -0.3 is 15.0 Å². The Morgan fingerprint density at radius 2 is 2.16 bits per heavy atom. The summed E-state index contributed by atoms with van der Waals surface area (Å²) in [6, 6.07) is 0. The summed E-state index contributed by atoms with van der Waals surface area (Å²) in [5.74, 6) is 1.25. The maximum Gasteiger partial charge on any atom is 0.353 e. The van der Waals surface area contributed by atoms with Crippen molar-refractivity contribution in [2.24, 2.45) is 5.92 Å². The highest BCUT2D eigenvalue weighted by Crippen LogP contribution is 2.33. The lowest BCUT2D eigenvalue weighted by Crippen LogP contribution is -2.39. The fourth-order valence-electron chi connectivity index (χ4n) is 3.44. The van der Waals surface area contributed by atoms with Crippen molar-refractivity contribution < 1.29 is 9.66 Å². The van der Waals surface area contributed by atoms with Gasteiger partial charge in [0.15, 0.2) is 0 Å². The van der Waals surface area contributed by atoms with E-state index in [1.165, 1.54) is 6.33 Å². The molecule has 3 rings (SSSR count). The Balaban J connectivity index is 1.70. The van der Waals surface area contributed by atoms with E-state index in [4.69, 9.17) is 4.74 Å². The summed E-state index contributed by atoms with van der Waals surface area (Å²) in [6.45, 7) is 8.44. The zero-order valence-corrected chi connectivity index (χ0v) is 14.7. The molecule has 1 aromatic heterocycles. The molecule has 9 heteroatoms. The van der Waals surface area contributed by atoms with E-state index in [0.717, 1.165) is 58.8 Å². The number of ether oxygens (including phenoxy) is 1. The lowest BCUT2D eigenvalue weighted by Gasteiger charge is -2.31. The molecule has 2 saturated heterocycles. The SMILES string of the molecule is CC1CCCN(c2ncnc(NCCN3CCOCC3)c2[N+](=O)[O-])C1. The summed E-state index contributed by atoms with van der Waals surface area (Å²) in [7, 11) is 0. The topological polar surface area (TPSA) is 96.7 Å². The van der Waals surface area contributed by atoms with Crippen LogP contribution < -0.4 is 10.2 Å². The number of anilines is 2. The minimum absolute atomic E-state index is 0.0152. The molecule has 1 atom stereocenters. The number of morpholine rings is 1. The molecule has 2 fully saturated rings. The molecule has 1 aromatic rings. The molecule has 0 saturated carbocycles. The van der Waals surface area contributed by atoms with Gasteiger partial charge in [-0.2, -0.15) is 0 Å². The van der Waals surface area contributed by atoms with Gasteiger partial charge in [0.2, 0.25) is 11.6 Å². The first-order valence-corrected chi connectivity index (χ1v) is 8.93. The molecule has 0 bridgehead atoms. The second kappa shape index (κ2) is 8.39. The van der Waals surface area contributed by atoms with Crippen LogP contribution >= 0.6 is 0 Å². The number of nitrogens with one attached hydrogen (secondary N) is 1. The molecule has 0 radical (unpaired) electrons. The monoisotopic (exact) mass is 350 g/mol. The summed E-state index contributed by atoms with van der Waals surface area (Å²) in [5, 5.41) is 14.8. The molecule has 1 unspecified atom stereocenters. The van der Waals surface area contributed by atoms with Crippen LogP contribution in [0, 0.1) is 16.0 Å². The first kappa shape index (κ1) is 17.8. The van der Waals surface area contributed by atoms with Gasteiger partial charge >= 0.3 is 5.69 Å². The van der Waals surface area contributed by atoms with Crippen LogP contribution in [0.25, 0.3) is 0 Å². The molecule has 138 valence electrons. The van der Waals surface area contributed by atoms with E-state index in [-0.39, 0.29) is 10.6 Å². The zero-order valence-electron chi connectivity index (χ0n) is 14.7. The molecule has 2 aliphatic heterocycles. The third-order valence-electron chi connectivity index (χ3n) is 4.77. The number of aromatic nitrogens is 2. The molecule has 0 spiro atoms. The van der Waals surface area contributed by atoms with Gasteiger partial charge in [-0.25, -0.2) is 9.97 Å². The zero-order chi connectivity index (χ0) is 17.6. The standard InChI is InChI=1S/C16H26N6O3/c1-13-3-2-5-21(11-13)16-14(22(23)24)15(18-12-19-16)17-4-6-20-7-9-25-10-8-20/h12-13H,2-11H2,1H3,(H,17,18,19). The van der Waals surface area contributed by atoms with Crippen molar-refractivity contribution in [3.8, 4) is 0 Å². The van der Waals surface area contributed by atoms with Crippen molar-refractivity contribution >= 4 is 17.3 Å². The highest BCUT2D eigenvalue weighted by molar-refractivity contribution is 5.70. The molecule has 0 amide bonds. The van der Waals surface area contributed by atoms with Gasteiger partial charge in [0.05, 0.1) is 18.1 Å². The van der Waals surface area contributed by atoms with E-state index in [1.54, 1.807) is 0 Å². The van der Waals surface area contributed by atoms with E-state index in [0.29, 0.717) is 24.1 Å². The Bertz CT molecular complexity index is 593. The fourth-order valence-corrected chi connectivity index (χ4v) is 3.44. The average molecular weight is 350 g/mol. The van der Waals surface area contributed by atoms with Crippen LogP contribution in [0.5, 0.6) is 0 Å². The number of nitrogens with zero attached hydrogens (tertiary/aromatic N) is 5. The third kappa shape index (κ3) is 4.55. The van der Waals surface area contributed by atoms with Gasteiger partial charge in [0.25, 0.3) is 0 Å². The summed E-state index contributed by atoms with van der Waals surface area (Å²) in [6.07, 6.45) is 3.60. The number of piperidine rings is 1. The van der Waals surface area contributed by atoms with Crippen molar-refractivity contribution in [1.29, 1.82) is 0 Å². The molecule has 2 aliphatic rings. The molecule has 9 nitrogen and oxygen atoms in total.